The zero-order valence-corrected chi connectivity index (χ0v) is 12.8. The number of nitrogens with one attached hydrogen (secondary N) is 1. The molecule has 0 saturated carbocycles. The highest BCUT2D eigenvalue weighted by atomic mass is 32.1. The third-order valence-corrected chi connectivity index (χ3v) is 5.14. The van der Waals surface area contributed by atoms with E-state index in [1.165, 1.54) is 10.4 Å². The van der Waals surface area contributed by atoms with Crippen LogP contribution in [0.15, 0.2) is 11.4 Å². The second-order valence-electron chi connectivity index (χ2n) is 5.60. The van der Waals surface area contributed by atoms with Gasteiger partial charge in [-0.2, -0.15) is 4.98 Å². The lowest BCUT2D eigenvalue weighted by Gasteiger charge is -2.32. The molecule has 1 aliphatic heterocycles. The Balaban J connectivity index is 1.71. The van der Waals surface area contributed by atoms with Crippen molar-refractivity contribution in [2.45, 2.75) is 32.7 Å². The standard InChI is InChI=1S/C14H21N5S/c1-9-5-8-20-12(9)13-16-14(18-17-13)19-6-3-11(4-7-19)10(2)15/h5,8,10-11H,3-4,6-7,15H2,1-2H3,(H,16,17,18). The monoisotopic (exact) mass is 291 g/mol. The van der Waals surface area contributed by atoms with Gasteiger partial charge in [0.15, 0.2) is 5.82 Å². The van der Waals surface area contributed by atoms with Gasteiger partial charge in [-0.3, -0.25) is 5.10 Å². The number of aromatic nitrogens is 3. The van der Waals surface area contributed by atoms with E-state index >= 15 is 0 Å². The highest BCUT2D eigenvalue weighted by molar-refractivity contribution is 7.13. The van der Waals surface area contributed by atoms with Gasteiger partial charge in [0, 0.05) is 19.1 Å². The second-order valence-corrected chi connectivity index (χ2v) is 6.52. The van der Waals surface area contributed by atoms with E-state index in [0.29, 0.717) is 5.92 Å². The van der Waals surface area contributed by atoms with Crippen LogP contribution >= 0.6 is 11.3 Å². The van der Waals surface area contributed by atoms with Crippen molar-refractivity contribution in [3.05, 3.63) is 17.0 Å². The number of hydrogen-bond donors (Lipinski definition) is 2. The van der Waals surface area contributed by atoms with E-state index < -0.39 is 0 Å². The Morgan fingerprint density at radius 3 is 2.80 bits per heavy atom. The molecule has 2 aromatic rings. The molecule has 20 heavy (non-hydrogen) atoms. The van der Waals surface area contributed by atoms with E-state index in [2.05, 4.69) is 45.4 Å². The maximum atomic E-state index is 5.98. The van der Waals surface area contributed by atoms with Crippen LogP contribution in [0.2, 0.25) is 0 Å². The summed E-state index contributed by atoms with van der Waals surface area (Å²) in [5, 5.41) is 9.52. The summed E-state index contributed by atoms with van der Waals surface area (Å²) < 4.78 is 0. The fourth-order valence-electron chi connectivity index (χ4n) is 2.74. The third-order valence-electron chi connectivity index (χ3n) is 4.12. The summed E-state index contributed by atoms with van der Waals surface area (Å²) in [5.41, 5.74) is 7.23. The van der Waals surface area contributed by atoms with Crippen molar-refractivity contribution >= 4 is 17.3 Å². The number of aromatic amines is 1. The molecule has 3 N–H and O–H groups in total. The van der Waals surface area contributed by atoms with Gasteiger partial charge >= 0.3 is 0 Å². The Morgan fingerprint density at radius 1 is 1.45 bits per heavy atom. The minimum Gasteiger partial charge on any atom is -0.340 e. The van der Waals surface area contributed by atoms with Gasteiger partial charge in [-0.15, -0.1) is 16.4 Å². The van der Waals surface area contributed by atoms with Crippen LogP contribution < -0.4 is 10.6 Å². The summed E-state index contributed by atoms with van der Waals surface area (Å²) in [4.78, 5) is 8.07. The molecule has 1 aliphatic rings. The Kier molecular flexibility index (Phi) is 3.76. The second kappa shape index (κ2) is 5.54. The van der Waals surface area contributed by atoms with Crippen LogP contribution in [0.1, 0.15) is 25.3 Å². The number of aryl methyl sites for hydroxylation is 1. The maximum absolute atomic E-state index is 5.98. The van der Waals surface area contributed by atoms with Gasteiger partial charge in [-0.1, -0.05) is 0 Å². The van der Waals surface area contributed by atoms with Crippen molar-refractivity contribution in [1.29, 1.82) is 0 Å². The molecule has 1 atom stereocenters. The molecule has 0 radical (unpaired) electrons. The van der Waals surface area contributed by atoms with E-state index in [0.717, 1.165) is 37.7 Å². The normalized spacial score (nSPS) is 18.4. The average molecular weight is 291 g/mol. The Bertz CT molecular complexity index is 566. The minimum absolute atomic E-state index is 0.286. The van der Waals surface area contributed by atoms with Gasteiger partial charge < -0.3 is 10.6 Å². The van der Waals surface area contributed by atoms with Crippen LogP contribution in [0.3, 0.4) is 0 Å². The molecule has 1 fully saturated rings. The molecule has 0 aliphatic carbocycles. The fraction of sp³-hybridized carbons (Fsp3) is 0.571. The minimum atomic E-state index is 0.286. The smallest absolute Gasteiger partial charge is 0.245 e. The summed E-state index contributed by atoms with van der Waals surface area (Å²) in [6.07, 6.45) is 2.25. The molecule has 1 unspecified atom stereocenters. The van der Waals surface area contributed by atoms with Crippen molar-refractivity contribution < 1.29 is 0 Å². The Hall–Kier alpha value is -1.40. The van der Waals surface area contributed by atoms with Crippen LogP contribution in [0, 0.1) is 12.8 Å². The van der Waals surface area contributed by atoms with Gasteiger partial charge in [0.25, 0.3) is 0 Å². The lowest BCUT2D eigenvalue weighted by molar-refractivity contribution is 0.352. The largest absolute Gasteiger partial charge is 0.340 e. The molecule has 5 nitrogen and oxygen atoms in total. The number of piperidine rings is 1. The lowest BCUT2D eigenvalue weighted by Crippen LogP contribution is -2.40. The van der Waals surface area contributed by atoms with E-state index in [9.17, 15) is 0 Å². The zero-order chi connectivity index (χ0) is 14.1. The van der Waals surface area contributed by atoms with E-state index in [4.69, 9.17) is 5.73 Å². The van der Waals surface area contributed by atoms with Gasteiger partial charge in [0.05, 0.1) is 4.88 Å². The van der Waals surface area contributed by atoms with Gasteiger partial charge in [-0.05, 0) is 49.6 Å². The van der Waals surface area contributed by atoms with Crippen LogP contribution in [0.5, 0.6) is 0 Å². The molecule has 0 amide bonds. The van der Waals surface area contributed by atoms with E-state index in [1.807, 2.05) is 0 Å². The number of thiophene rings is 1. The molecular formula is C14H21N5S. The Morgan fingerprint density at radius 2 is 2.20 bits per heavy atom. The average Bonchev–Trinajstić information content (AvgIpc) is 3.07. The van der Waals surface area contributed by atoms with Crippen LogP contribution in [0.4, 0.5) is 5.95 Å². The van der Waals surface area contributed by atoms with E-state index in [1.54, 1.807) is 11.3 Å². The predicted molar refractivity (Wildman–Crippen MR) is 83.0 cm³/mol. The van der Waals surface area contributed by atoms with Gasteiger partial charge in [0.1, 0.15) is 0 Å². The molecule has 108 valence electrons. The Labute approximate surface area is 123 Å². The van der Waals surface area contributed by atoms with Crippen LogP contribution in [-0.2, 0) is 0 Å². The summed E-state index contributed by atoms with van der Waals surface area (Å²) in [6.45, 7) is 6.19. The molecule has 1 saturated heterocycles. The molecule has 0 aromatic carbocycles. The highest BCUT2D eigenvalue weighted by Gasteiger charge is 2.24. The number of rotatable bonds is 3. The molecule has 0 spiro atoms. The van der Waals surface area contributed by atoms with Crippen molar-refractivity contribution in [3.8, 4) is 10.7 Å². The number of nitrogens with two attached hydrogens (primary N) is 1. The molecule has 6 heteroatoms. The van der Waals surface area contributed by atoms with Crippen molar-refractivity contribution in [2.24, 2.45) is 11.7 Å². The van der Waals surface area contributed by atoms with Crippen LogP contribution in [0.25, 0.3) is 10.7 Å². The van der Waals surface area contributed by atoms with Crippen LogP contribution in [-0.4, -0.2) is 34.3 Å². The predicted octanol–water partition coefficient (Wildman–Crippen LogP) is 2.41. The summed E-state index contributed by atoms with van der Waals surface area (Å²) in [7, 11) is 0. The maximum Gasteiger partial charge on any atom is 0.245 e. The fourth-order valence-corrected chi connectivity index (χ4v) is 3.60. The molecule has 0 bridgehead atoms. The topological polar surface area (TPSA) is 70.8 Å². The molecule has 3 rings (SSSR count). The first-order valence-electron chi connectivity index (χ1n) is 7.12. The first kappa shape index (κ1) is 13.6. The first-order chi connectivity index (χ1) is 9.65. The zero-order valence-electron chi connectivity index (χ0n) is 12.0. The first-order valence-corrected chi connectivity index (χ1v) is 8.00. The third kappa shape index (κ3) is 2.58. The summed E-state index contributed by atoms with van der Waals surface area (Å²) in [6, 6.07) is 2.39. The summed E-state index contributed by atoms with van der Waals surface area (Å²) in [5.74, 6) is 2.32. The molecule has 3 heterocycles. The quantitative estimate of drug-likeness (QED) is 0.911. The van der Waals surface area contributed by atoms with E-state index in [-0.39, 0.29) is 6.04 Å². The molecule has 2 aromatic heterocycles. The number of anilines is 1. The van der Waals surface area contributed by atoms with Gasteiger partial charge in [-0.25, -0.2) is 0 Å². The van der Waals surface area contributed by atoms with Gasteiger partial charge in [0.2, 0.25) is 5.95 Å². The highest BCUT2D eigenvalue weighted by Crippen LogP contribution is 2.28. The number of nitrogens with zero attached hydrogens (tertiary/aromatic N) is 3. The SMILES string of the molecule is Cc1ccsc1-c1nc(N2CCC(C(C)N)CC2)n[nH]1. The number of H-pyrrole nitrogens is 1. The summed E-state index contributed by atoms with van der Waals surface area (Å²) >= 11 is 1.70. The van der Waals surface area contributed by atoms with Crippen molar-refractivity contribution in [2.75, 3.05) is 18.0 Å². The van der Waals surface area contributed by atoms with Crippen molar-refractivity contribution in [3.63, 3.8) is 0 Å². The van der Waals surface area contributed by atoms with Crippen molar-refractivity contribution in [1.82, 2.24) is 15.2 Å². The molecular weight excluding hydrogens is 270 g/mol. The lowest BCUT2D eigenvalue weighted by atomic mass is 9.91. The number of hydrogen-bond acceptors (Lipinski definition) is 5.